The average Bonchev–Trinajstić information content (AvgIpc) is 2.61. The van der Waals surface area contributed by atoms with Gasteiger partial charge in [-0.25, -0.2) is 4.79 Å². The maximum Gasteiger partial charge on any atom is 0.351 e. The van der Waals surface area contributed by atoms with Crippen LogP contribution in [0.4, 0.5) is 5.82 Å². The lowest BCUT2D eigenvalue weighted by Crippen LogP contribution is -2.30. The van der Waals surface area contributed by atoms with Gasteiger partial charge in [0.05, 0.1) is 12.2 Å². The van der Waals surface area contributed by atoms with Crippen LogP contribution >= 0.6 is 0 Å². The summed E-state index contributed by atoms with van der Waals surface area (Å²) >= 11 is 0. The highest BCUT2D eigenvalue weighted by atomic mass is 16.5. The third-order valence-corrected chi connectivity index (χ3v) is 3.07. The van der Waals surface area contributed by atoms with Crippen molar-refractivity contribution < 1.29 is 9.84 Å². The van der Waals surface area contributed by atoms with Crippen molar-refractivity contribution in [2.45, 2.75) is 38.7 Å². The summed E-state index contributed by atoms with van der Waals surface area (Å²) in [6.45, 7) is 3.67. The molecule has 6 nitrogen and oxygen atoms in total. The van der Waals surface area contributed by atoms with Crippen molar-refractivity contribution in [1.29, 1.82) is 0 Å². The van der Waals surface area contributed by atoms with Gasteiger partial charge >= 0.3 is 5.69 Å². The molecule has 0 bridgehead atoms. The van der Waals surface area contributed by atoms with E-state index in [0.717, 1.165) is 6.42 Å². The second-order valence-corrected chi connectivity index (χ2v) is 4.56. The number of nitrogen functional groups attached to an aromatic ring is 1. The SMILES string of the molecule is CC(O)C1C[C@H](C)[C@H](n2ccc(N)nc2=O)O1. The number of rotatable bonds is 2. The van der Waals surface area contributed by atoms with Crippen molar-refractivity contribution in [2.24, 2.45) is 5.92 Å². The molecule has 0 aromatic carbocycles. The van der Waals surface area contributed by atoms with E-state index in [9.17, 15) is 9.90 Å². The Morgan fingerprint density at radius 2 is 2.41 bits per heavy atom. The number of nitrogens with two attached hydrogens (primary N) is 1. The largest absolute Gasteiger partial charge is 0.391 e. The van der Waals surface area contributed by atoms with Gasteiger partial charge in [-0.15, -0.1) is 0 Å². The molecule has 2 heterocycles. The minimum Gasteiger partial charge on any atom is -0.391 e. The highest BCUT2D eigenvalue weighted by Crippen LogP contribution is 2.34. The molecule has 1 aliphatic heterocycles. The van der Waals surface area contributed by atoms with Crippen molar-refractivity contribution >= 4 is 5.82 Å². The van der Waals surface area contributed by atoms with Crippen LogP contribution in [0.15, 0.2) is 17.1 Å². The first-order valence-corrected chi connectivity index (χ1v) is 5.67. The molecule has 0 radical (unpaired) electrons. The van der Waals surface area contributed by atoms with Crippen molar-refractivity contribution in [1.82, 2.24) is 9.55 Å². The van der Waals surface area contributed by atoms with Crippen LogP contribution in [-0.4, -0.2) is 26.9 Å². The lowest BCUT2D eigenvalue weighted by atomic mass is 10.0. The zero-order valence-corrected chi connectivity index (χ0v) is 9.91. The zero-order chi connectivity index (χ0) is 12.6. The molecule has 1 aromatic heterocycles. The average molecular weight is 239 g/mol. The molecule has 94 valence electrons. The summed E-state index contributed by atoms with van der Waals surface area (Å²) < 4.78 is 7.09. The van der Waals surface area contributed by atoms with Crippen LogP contribution in [0.1, 0.15) is 26.5 Å². The molecular formula is C11H17N3O3. The molecule has 0 aliphatic carbocycles. The van der Waals surface area contributed by atoms with Crippen molar-refractivity contribution in [2.75, 3.05) is 5.73 Å². The summed E-state index contributed by atoms with van der Waals surface area (Å²) in [6.07, 6.45) is 1.14. The van der Waals surface area contributed by atoms with Gasteiger partial charge < -0.3 is 15.6 Å². The van der Waals surface area contributed by atoms with Crippen LogP contribution in [0, 0.1) is 5.92 Å². The minimum atomic E-state index is -0.542. The number of ether oxygens (including phenoxy) is 1. The van der Waals surface area contributed by atoms with Gasteiger partial charge in [0.2, 0.25) is 0 Å². The fourth-order valence-corrected chi connectivity index (χ4v) is 2.12. The first kappa shape index (κ1) is 12.1. The van der Waals surface area contributed by atoms with Crippen molar-refractivity contribution in [3.8, 4) is 0 Å². The van der Waals surface area contributed by atoms with Crippen LogP contribution < -0.4 is 11.4 Å². The van der Waals surface area contributed by atoms with E-state index in [-0.39, 0.29) is 24.1 Å². The Labute approximate surface area is 99.0 Å². The van der Waals surface area contributed by atoms with E-state index in [4.69, 9.17) is 10.5 Å². The van der Waals surface area contributed by atoms with Gasteiger partial charge in [-0.3, -0.25) is 4.57 Å². The first-order chi connectivity index (χ1) is 7.99. The van der Waals surface area contributed by atoms with Gasteiger partial charge in [0.25, 0.3) is 0 Å². The number of anilines is 1. The zero-order valence-electron chi connectivity index (χ0n) is 9.91. The van der Waals surface area contributed by atoms with Gasteiger partial charge in [0.15, 0.2) is 0 Å². The first-order valence-electron chi connectivity index (χ1n) is 5.67. The monoisotopic (exact) mass is 239 g/mol. The molecule has 1 aromatic rings. The van der Waals surface area contributed by atoms with E-state index in [1.807, 2.05) is 6.92 Å². The summed E-state index contributed by atoms with van der Waals surface area (Å²) in [4.78, 5) is 15.3. The number of aromatic nitrogens is 2. The summed E-state index contributed by atoms with van der Waals surface area (Å²) in [5, 5.41) is 9.50. The predicted octanol–water partition coefficient (Wildman–Crippen LogP) is 0.130. The molecule has 2 unspecified atom stereocenters. The van der Waals surface area contributed by atoms with Crippen LogP contribution in [0.25, 0.3) is 0 Å². The Morgan fingerprint density at radius 1 is 1.71 bits per heavy atom. The Bertz CT molecular complexity index is 458. The molecule has 0 saturated carbocycles. The molecule has 1 aliphatic rings. The van der Waals surface area contributed by atoms with E-state index in [1.165, 1.54) is 4.57 Å². The van der Waals surface area contributed by atoms with Gasteiger partial charge in [0.1, 0.15) is 12.0 Å². The lowest BCUT2D eigenvalue weighted by molar-refractivity contribution is -0.0605. The molecular weight excluding hydrogens is 222 g/mol. The summed E-state index contributed by atoms with van der Waals surface area (Å²) in [5.41, 5.74) is 5.01. The fraction of sp³-hybridized carbons (Fsp3) is 0.636. The lowest BCUT2D eigenvalue weighted by Gasteiger charge is -2.18. The fourth-order valence-electron chi connectivity index (χ4n) is 2.12. The third kappa shape index (κ3) is 2.32. The van der Waals surface area contributed by atoms with Gasteiger partial charge in [0, 0.05) is 12.1 Å². The van der Waals surface area contributed by atoms with Crippen molar-refractivity contribution in [3.05, 3.63) is 22.7 Å². The normalized spacial score (nSPS) is 30.4. The number of aliphatic hydroxyl groups excluding tert-OH is 1. The second kappa shape index (κ2) is 4.46. The Hall–Kier alpha value is -1.40. The van der Waals surface area contributed by atoms with Crippen LogP contribution in [0.3, 0.4) is 0 Å². The molecule has 1 fully saturated rings. The molecule has 4 atom stereocenters. The molecule has 3 N–H and O–H groups in total. The van der Waals surface area contributed by atoms with E-state index in [2.05, 4.69) is 4.98 Å². The highest BCUT2D eigenvalue weighted by Gasteiger charge is 2.36. The third-order valence-electron chi connectivity index (χ3n) is 3.07. The van der Waals surface area contributed by atoms with Gasteiger partial charge in [-0.1, -0.05) is 6.92 Å². The molecule has 0 spiro atoms. The van der Waals surface area contributed by atoms with Crippen molar-refractivity contribution in [3.63, 3.8) is 0 Å². The maximum atomic E-state index is 11.7. The van der Waals surface area contributed by atoms with Crippen LogP contribution in [0.2, 0.25) is 0 Å². The topological polar surface area (TPSA) is 90.4 Å². The standard InChI is InChI=1S/C11H17N3O3/c1-6-5-8(7(2)15)17-10(6)14-4-3-9(12)13-11(14)16/h3-4,6-8,10,15H,5H2,1-2H3,(H2,12,13,16)/t6-,7?,8?,10+/m0/s1. The Kier molecular flexibility index (Phi) is 3.17. The summed E-state index contributed by atoms with van der Waals surface area (Å²) in [6, 6.07) is 1.56. The Morgan fingerprint density at radius 3 is 2.94 bits per heavy atom. The molecule has 0 amide bonds. The smallest absolute Gasteiger partial charge is 0.351 e. The molecule has 1 saturated heterocycles. The quantitative estimate of drug-likeness (QED) is 0.765. The summed E-state index contributed by atoms with van der Waals surface area (Å²) in [7, 11) is 0. The number of nitrogens with zero attached hydrogens (tertiary/aromatic N) is 2. The number of aliphatic hydroxyl groups is 1. The highest BCUT2D eigenvalue weighted by molar-refractivity contribution is 5.23. The molecule has 17 heavy (non-hydrogen) atoms. The van der Waals surface area contributed by atoms with E-state index < -0.39 is 11.8 Å². The minimum absolute atomic E-state index is 0.151. The number of hydrogen-bond acceptors (Lipinski definition) is 5. The predicted molar refractivity (Wildman–Crippen MR) is 62.3 cm³/mol. The van der Waals surface area contributed by atoms with E-state index >= 15 is 0 Å². The van der Waals surface area contributed by atoms with E-state index in [1.54, 1.807) is 19.2 Å². The Balaban J connectivity index is 2.26. The second-order valence-electron chi connectivity index (χ2n) is 4.56. The van der Waals surface area contributed by atoms with Crippen LogP contribution in [-0.2, 0) is 4.74 Å². The summed E-state index contributed by atoms with van der Waals surface area (Å²) in [5.74, 6) is 0.349. The number of hydrogen-bond donors (Lipinski definition) is 2. The molecule has 6 heteroatoms. The van der Waals surface area contributed by atoms with Crippen LogP contribution in [0.5, 0.6) is 0 Å². The van der Waals surface area contributed by atoms with Gasteiger partial charge in [-0.2, -0.15) is 4.98 Å². The van der Waals surface area contributed by atoms with E-state index in [0.29, 0.717) is 0 Å². The van der Waals surface area contributed by atoms with Gasteiger partial charge in [-0.05, 0) is 19.4 Å². The maximum absolute atomic E-state index is 11.7. The molecule has 2 rings (SSSR count).